The molecule has 1 aliphatic heterocycles. The number of carboxylic acid groups (broad SMARTS) is 1. The maximum Gasteiger partial charge on any atom is 0.320 e. The molecule has 1 aromatic carbocycles. The molecule has 0 bridgehead atoms. The van der Waals surface area contributed by atoms with Gasteiger partial charge in [-0.2, -0.15) is 0 Å². The van der Waals surface area contributed by atoms with Gasteiger partial charge in [-0.3, -0.25) is 9.59 Å². The van der Waals surface area contributed by atoms with E-state index in [4.69, 9.17) is 20.3 Å². The van der Waals surface area contributed by atoms with E-state index in [0.29, 0.717) is 31.7 Å². The summed E-state index contributed by atoms with van der Waals surface area (Å²) in [4.78, 5) is 22.6. The highest BCUT2D eigenvalue weighted by Crippen LogP contribution is 2.08. The molecule has 1 fully saturated rings. The highest BCUT2D eigenvalue weighted by molar-refractivity contribution is 5.94. The molecule has 7 heteroatoms. The Morgan fingerprint density at radius 1 is 1.27 bits per heavy atom. The van der Waals surface area contributed by atoms with Crippen molar-refractivity contribution in [2.24, 2.45) is 5.73 Å². The number of hydrogen-bond donors (Lipinski definition) is 3. The van der Waals surface area contributed by atoms with E-state index in [9.17, 15) is 9.59 Å². The molecule has 0 spiro atoms. The number of amides is 1. The quantitative estimate of drug-likeness (QED) is 0.660. The van der Waals surface area contributed by atoms with Crippen molar-refractivity contribution >= 4 is 11.9 Å². The molecule has 1 saturated heterocycles. The number of nitrogens with two attached hydrogens (primary N) is 1. The van der Waals surface area contributed by atoms with Gasteiger partial charge in [-0.1, -0.05) is 12.1 Å². The van der Waals surface area contributed by atoms with Gasteiger partial charge in [0.2, 0.25) is 0 Å². The molecular formula is C15H20N2O5. The monoisotopic (exact) mass is 308 g/mol. The van der Waals surface area contributed by atoms with Crippen LogP contribution < -0.4 is 11.1 Å². The molecule has 7 nitrogen and oxygen atoms in total. The van der Waals surface area contributed by atoms with E-state index < -0.39 is 12.0 Å². The van der Waals surface area contributed by atoms with Crippen LogP contribution in [0, 0.1) is 0 Å². The lowest BCUT2D eigenvalue weighted by molar-refractivity contribution is -0.138. The lowest BCUT2D eigenvalue weighted by Crippen LogP contribution is -2.32. The van der Waals surface area contributed by atoms with Crippen molar-refractivity contribution in [3.05, 3.63) is 35.4 Å². The van der Waals surface area contributed by atoms with Crippen LogP contribution in [0.25, 0.3) is 0 Å². The van der Waals surface area contributed by atoms with Crippen molar-refractivity contribution in [2.45, 2.75) is 25.2 Å². The molecule has 1 heterocycles. The number of nitrogens with one attached hydrogen (secondary N) is 1. The summed E-state index contributed by atoms with van der Waals surface area (Å²) in [6, 6.07) is 5.79. The van der Waals surface area contributed by atoms with Crippen LogP contribution in [0.15, 0.2) is 24.3 Å². The summed E-state index contributed by atoms with van der Waals surface area (Å²) in [5, 5.41) is 11.6. The second-order valence-corrected chi connectivity index (χ2v) is 5.06. The molecule has 0 radical (unpaired) electrons. The Hall–Kier alpha value is -1.96. The maximum absolute atomic E-state index is 11.9. The predicted octanol–water partition coefficient (Wildman–Crippen LogP) is 0.134. The molecule has 22 heavy (non-hydrogen) atoms. The van der Waals surface area contributed by atoms with E-state index in [1.165, 1.54) is 0 Å². The highest BCUT2D eigenvalue weighted by atomic mass is 16.7. The van der Waals surface area contributed by atoms with Gasteiger partial charge in [0.15, 0.2) is 6.29 Å². The second kappa shape index (κ2) is 7.88. The number of carbonyl (C=O) groups excluding carboxylic acids is 1. The first kappa shape index (κ1) is 16.4. The van der Waals surface area contributed by atoms with Gasteiger partial charge in [0.05, 0.1) is 13.2 Å². The number of rotatable bonds is 7. The zero-order valence-electron chi connectivity index (χ0n) is 12.2. The van der Waals surface area contributed by atoms with Crippen LogP contribution in [-0.2, 0) is 20.7 Å². The van der Waals surface area contributed by atoms with Crippen LogP contribution in [0.4, 0.5) is 0 Å². The van der Waals surface area contributed by atoms with Gasteiger partial charge in [-0.05, 0) is 24.1 Å². The third kappa shape index (κ3) is 4.80. The number of aliphatic carboxylic acids is 1. The molecular weight excluding hydrogens is 288 g/mol. The van der Waals surface area contributed by atoms with Gasteiger partial charge in [0.1, 0.15) is 6.04 Å². The van der Waals surface area contributed by atoms with E-state index in [1.807, 2.05) is 0 Å². The van der Waals surface area contributed by atoms with Crippen LogP contribution in [0.2, 0.25) is 0 Å². The molecule has 120 valence electrons. The van der Waals surface area contributed by atoms with Gasteiger partial charge in [-0.25, -0.2) is 0 Å². The van der Waals surface area contributed by atoms with Crippen molar-refractivity contribution in [3.8, 4) is 0 Å². The molecule has 0 aliphatic carbocycles. The van der Waals surface area contributed by atoms with Crippen molar-refractivity contribution < 1.29 is 24.2 Å². The lowest BCUT2D eigenvalue weighted by atomic mass is 10.0. The molecule has 1 aromatic rings. The molecule has 1 aliphatic rings. The normalized spacial score (nSPS) is 16.4. The Kier molecular flexibility index (Phi) is 5.88. The highest BCUT2D eigenvalue weighted by Gasteiger charge is 2.16. The number of carbonyl (C=O) groups is 2. The fourth-order valence-electron chi connectivity index (χ4n) is 2.11. The van der Waals surface area contributed by atoms with E-state index in [2.05, 4.69) is 5.32 Å². The molecule has 0 saturated carbocycles. The molecule has 0 aromatic heterocycles. The van der Waals surface area contributed by atoms with Crippen LogP contribution in [-0.4, -0.2) is 49.1 Å². The Morgan fingerprint density at radius 3 is 2.50 bits per heavy atom. The van der Waals surface area contributed by atoms with Gasteiger partial charge in [-0.15, -0.1) is 0 Å². The second-order valence-electron chi connectivity index (χ2n) is 5.06. The summed E-state index contributed by atoms with van der Waals surface area (Å²) in [5.41, 5.74) is 6.76. The molecule has 4 N–H and O–H groups in total. The molecule has 2 rings (SSSR count). The molecule has 1 atom stereocenters. The van der Waals surface area contributed by atoms with E-state index >= 15 is 0 Å². The molecule has 1 amide bonds. The predicted molar refractivity (Wildman–Crippen MR) is 78.4 cm³/mol. The van der Waals surface area contributed by atoms with Crippen molar-refractivity contribution in [1.29, 1.82) is 0 Å². The van der Waals surface area contributed by atoms with Crippen molar-refractivity contribution in [1.82, 2.24) is 5.32 Å². The average molecular weight is 308 g/mol. The number of ether oxygens (including phenoxy) is 2. The Bertz CT molecular complexity index is 511. The standard InChI is InChI=1S/C15H20N2O5/c16-12(15(19)20)9-10-1-3-11(4-2-10)14(18)17-6-5-13-21-7-8-22-13/h1-4,12-13H,5-9,16H2,(H,17,18)(H,19,20). The first-order chi connectivity index (χ1) is 10.6. The third-order valence-electron chi connectivity index (χ3n) is 3.35. The number of benzene rings is 1. The molecule has 1 unspecified atom stereocenters. The van der Waals surface area contributed by atoms with Crippen LogP contribution >= 0.6 is 0 Å². The summed E-state index contributed by atoms with van der Waals surface area (Å²) in [5.74, 6) is -1.23. The first-order valence-electron chi connectivity index (χ1n) is 7.15. The lowest BCUT2D eigenvalue weighted by Gasteiger charge is -2.10. The summed E-state index contributed by atoms with van der Waals surface area (Å²) >= 11 is 0. The van der Waals surface area contributed by atoms with Crippen LogP contribution in [0.1, 0.15) is 22.3 Å². The van der Waals surface area contributed by atoms with Crippen molar-refractivity contribution in [2.75, 3.05) is 19.8 Å². The SMILES string of the molecule is NC(Cc1ccc(C(=O)NCCC2OCCO2)cc1)C(=O)O. The van der Waals surface area contributed by atoms with E-state index in [-0.39, 0.29) is 18.6 Å². The maximum atomic E-state index is 11.9. The minimum Gasteiger partial charge on any atom is -0.480 e. The minimum atomic E-state index is -1.04. The number of hydrogen-bond acceptors (Lipinski definition) is 5. The third-order valence-corrected chi connectivity index (χ3v) is 3.35. The first-order valence-corrected chi connectivity index (χ1v) is 7.15. The van der Waals surface area contributed by atoms with Gasteiger partial charge < -0.3 is 25.6 Å². The average Bonchev–Trinajstić information content (AvgIpc) is 3.01. The van der Waals surface area contributed by atoms with Crippen LogP contribution in [0.5, 0.6) is 0 Å². The Labute approximate surface area is 128 Å². The van der Waals surface area contributed by atoms with Crippen LogP contribution in [0.3, 0.4) is 0 Å². The Morgan fingerprint density at radius 2 is 1.91 bits per heavy atom. The zero-order valence-corrected chi connectivity index (χ0v) is 12.2. The Balaban J connectivity index is 1.78. The smallest absolute Gasteiger partial charge is 0.320 e. The minimum absolute atomic E-state index is 0.188. The van der Waals surface area contributed by atoms with Gasteiger partial charge >= 0.3 is 5.97 Å². The van der Waals surface area contributed by atoms with Gasteiger partial charge in [0.25, 0.3) is 5.91 Å². The van der Waals surface area contributed by atoms with E-state index in [1.54, 1.807) is 24.3 Å². The van der Waals surface area contributed by atoms with Gasteiger partial charge in [0, 0.05) is 18.5 Å². The fourth-order valence-corrected chi connectivity index (χ4v) is 2.11. The van der Waals surface area contributed by atoms with Crippen molar-refractivity contribution in [3.63, 3.8) is 0 Å². The summed E-state index contributed by atoms with van der Waals surface area (Å²) in [7, 11) is 0. The zero-order chi connectivity index (χ0) is 15.9. The number of carboxylic acids is 1. The fraction of sp³-hybridized carbons (Fsp3) is 0.467. The topological polar surface area (TPSA) is 111 Å². The summed E-state index contributed by atoms with van der Waals surface area (Å²) in [6.45, 7) is 1.66. The largest absolute Gasteiger partial charge is 0.480 e. The summed E-state index contributed by atoms with van der Waals surface area (Å²) in [6.07, 6.45) is 0.602. The van der Waals surface area contributed by atoms with E-state index in [0.717, 1.165) is 5.56 Å². The summed E-state index contributed by atoms with van der Waals surface area (Å²) < 4.78 is 10.6.